The minimum absolute atomic E-state index is 0.689. The maximum Gasteiger partial charge on any atom is 0.119 e. The van der Waals surface area contributed by atoms with Gasteiger partial charge in [0.2, 0.25) is 0 Å². The van der Waals surface area contributed by atoms with Gasteiger partial charge in [-0.3, -0.25) is 0 Å². The van der Waals surface area contributed by atoms with E-state index in [1.165, 1.54) is 0 Å². The number of hydrogen-bond donors (Lipinski definition) is 2. The van der Waals surface area contributed by atoms with Gasteiger partial charge in [-0.2, -0.15) is 0 Å². The third-order valence-corrected chi connectivity index (χ3v) is 2.97. The van der Waals surface area contributed by atoms with E-state index in [-0.39, 0.29) is 0 Å². The van der Waals surface area contributed by atoms with Crippen LogP contribution in [-0.4, -0.2) is 23.1 Å². The Morgan fingerprint density at radius 2 is 2.00 bits per heavy atom. The van der Waals surface area contributed by atoms with E-state index in [9.17, 15) is 0 Å². The molecule has 1 heterocycles. The van der Waals surface area contributed by atoms with Gasteiger partial charge in [0.05, 0.1) is 18.5 Å². The molecule has 0 aliphatic rings. The first-order valence-corrected chi connectivity index (χ1v) is 6.80. The predicted octanol–water partition coefficient (Wildman–Crippen LogP) is 2.76. The van der Waals surface area contributed by atoms with E-state index < -0.39 is 0 Å². The van der Waals surface area contributed by atoms with Crippen molar-refractivity contribution in [3.05, 3.63) is 36.3 Å². The van der Waals surface area contributed by atoms with Crippen molar-refractivity contribution in [3.63, 3.8) is 0 Å². The molecule has 0 aliphatic carbocycles. The molecule has 4 nitrogen and oxygen atoms in total. The first kappa shape index (κ1) is 13.6. The molecule has 0 amide bonds. The summed E-state index contributed by atoms with van der Waals surface area (Å²) < 4.78 is 5.43. The average Bonchev–Trinajstić information content (AvgIpc) is 2.89. The third kappa shape index (κ3) is 3.83. The lowest BCUT2D eigenvalue weighted by atomic mass is 10.1. The number of aromatic amines is 1. The van der Waals surface area contributed by atoms with E-state index in [4.69, 9.17) is 10.5 Å². The zero-order chi connectivity index (χ0) is 13.5. The summed E-state index contributed by atoms with van der Waals surface area (Å²) in [5.74, 6) is 1.92. The number of imidazole rings is 1. The van der Waals surface area contributed by atoms with E-state index in [0.717, 1.165) is 48.6 Å². The maximum atomic E-state index is 5.49. The quantitative estimate of drug-likeness (QED) is 0.751. The second kappa shape index (κ2) is 6.95. The van der Waals surface area contributed by atoms with Crippen molar-refractivity contribution in [2.24, 2.45) is 5.73 Å². The van der Waals surface area contributed by atoms with Crippen LogP contribution in [0.15, 0.2) is 30.5 Å². The Morgan fingerprint density at radius 1 is 1.21 bits per heavy atom. The number of rotatable bonds is 7. The zero-order valence-corrected chi connectivity index (χ0v) is 11.4. The minimum Gasteiger partial charge on any atom is -0.494 e. The number of hydrogen-bond acceptors (Lipinski definition) is 3. The molecule has 0 radical (unpaired) electrons. The largest absolute Gasteiger partial charge is 0.494 e. The van der Waals surface area contributed by atoms with Crippen LogP contribution in [0.2, 0.25) is 0 Å². The summed E-state index contributed by atoms with van der Waals surface area (Å²) in [7, 11) is 0. The van der Waals surface area contributed by atoms with Crippen LogP contribution in [0, 0.1) is 0 Å². The van der Waals surface area contributed by atoms with Gasteiger partial charge >= 0.3 is 0 Å². The number of aromatic nitrogens is 2. The predicted molar refractivity (Wildman–Crippen MR) is 77.2 cm³/mol. The van der Waals surface area contributed by atoms with Crippen LogP contribution in [0.4, 0.5) is 0 Å². The van der Waals surface area contributed by atoms with Crippen molar-refractivity contribution in [2.75, 3.05) is 13.2 Å². The fourth-order valence-corrected chi connectivity index (χ4v) is 1.97. The Balaban J connectivity index is 2.01. The van der Waals surface area contributed by atoms with Crippen molar-refractivity contribution >= 4 is 0 Å². The van der Waals surface area contributed by atoms with Gasteiger partial charge in [0.25, 0.3) is 0 Å². The molecule has 1 aromatic carbocycles. The summed E-state index contributed by atoms with van der Waals surface area (Å²) in [6.07, 6.45) is 4.95. The molecule has 0 unspecified atom stereocenters. The molecule has 0 saturated heterocycles. The first-order chi connectivity index (χ1) is 9.33. The number of benzene rings is 1. The Kier molecular flexibility index (Phi) is 4.98. The fourth-order valence-electron chi connectivity index (χ4n) is 1.97. The van der Waals surface area contributed by atoms with Gasteiger partial charge in [0.1, 0.15) is 11.6 Å². The molecule has 4 heteroatoms. The molecular formula is C15H21N3O. The summed E-state index contributed by atoms with van der Waals surface area (Å²) >= 11 is 0. The Morgan fingerprint density at radius 3 is 2.68 bits per heavy atom. The highest BCUT2D eigenvalue weighted by Crippen LogP contribution is 2.21. The molecule has 0 fully saturated rings. The van der Waals surface area contributed by atoms with Gasteiger partial charge in [-0.25, -0.2) is 4.98 Å². The highest BCUT2D eigenvalue weighted by molar-refractivity contribution is 5.59. The SMILES string of the molecule is CCOc1ccc(-c2cnc(CCCCN)[nH]2)cc1. The van der Waals surface area contributed by atoms with Gasteiger partial charge in [0, 0.05) is 6.42 Å². The molecular weight excluding hydrogens is 238 g/mol. The maximum absolute atomic E-state index is 5.49. The highest BCUT2D eigenvalue weighted by atomic mass is 16.5. The molecule has 0 aliphatic heterocycles. The molecule has 2 rings (SSSR count). The topological polar surface area (TPSA) is 63.9 Å². The smallest absolute Gasteiger partial charge is 0.119 e. The van der Waals surface area contributed by atoms with Crippen LogP contribution in [0.5, 0.6) is 5.75 Å². The van der Waals surface area contributed by atoms with Crippen LogP contribution in [0.3, 0.4) is 0 Å². The van der Waals surface area contributed by atoms with E-state index in [2.05, 4.69) is 9.97 Å². The number of unbranched alkanes of at least 4 members (excludes halogenated alkanes) is 1. The number of ether oxygens (including phenoxy) is 1. The standard InChI is InChI=1S/C15H21N3O/c1-2-19-13-8-6-12(7-9-13)14-11-17-15(18-14)5-3-4-10-16/h6-9,11H,2-5,10,16H2,1H3,(H,17,18). The molecule has 0 bridgehead atoms. The Bertz CT molecular complexity index is 490. The third-order valence-electron chi connectivity index (χ3n) is 2.97. The van der Waals surface area contributed by atoms with Crippen molar-refractivity contribution in [2.45, 2.75) is 26.2 Å². The van der Waals surface area contributed by atoms with Crippen LogP contribution >= 0.6 is 0 Å². The average molecular weight is 259 g/mol. The molecule has 0 saturated carbocycles. The van der Waals surface area contributed by atoms with Gasteiger partial charge in [-0.1, -0.05) is 0 Å². The second-order valence-corrected chi connectivity index (χ2v) is 4.45. The van der Waals surface area contributed by atoms with Crippen molar-refractivity contribution in [3.8, 4) is 17.0 Å². The lowest BCUT2D eigenvalue weighted by Crippen LogP contribution is -1.99. The van der Waals surface area contributed by atoms with E-state index in [1.807, 2.05) is 37.4 Å². The number of aryl methyl sites for hydroxylation is 1. The van der Waals surface area contributed by atoms with E-state index >= 15 is 0 Å². The van der Waals surface area contributed by atoms with Crippen LogP contribution < -0.4 is 10.5 Å². The monoisotopic (exact) mass is 259 g/mol. The molecule has 0 spiro atoms. The molecule has 1 aromatic heterocycles. The summed E-state index contributed by atoms with van der Waals surface area (Å²) in [6.45, 7) is 3.41. The van der Waals surface area contributed by atoms with Crippen LogP contribution in [-0.2, 0) is 6.42 Å². The first-order valence-electron chi connectivity index (χ1n) is 6.80. The fraction of sp³-hybridized carbons (Fsp3) is 0.400. The second-order valence-electron chi connectivity index (χ2n) is 4.45. The molecule has 2 aromatic rings. The van der Waals surface area contributed by atoms with Crippen molar-refractivity contribution in [1.29, 1.82) is 0 Å². The molecule has 3 N–H and O–H groups in total. The normalized spacial score (nSPS) is 10.6. The van der Waals surface area contributed by atoms with Gasteiger partial charge in [0.15, 0.2) is 0 Å². The lowest BCUT2D eigenvalue weighted by Gasteiger charge is -2.03. The zero-order valence-electron chi connectivity index (χ0n) is 11.4. The summed E-state index contributed by atoms with van der Waals surface area (Å²) in [6, 6.07) is 8.05. The van der Waals surface area contributed by atoms with Gasteiger partial charge in [-0.15, -0.1) is 0 Å². The summed E-state index contributed by atoms with van der Waals surface area (Å²) in [4.78, 5) is 7.74. The summed E-state index contributed by atoms with van der Waals surface area (Å²) in [5.41, 5.74) is 7.66. The Labute approximate surface area is 114 Å². The number of nitrogens with one attached hydrogen (secondary N) is 1. The van der Waals surface area contributed by atoms with Crippen LogP contribution in [0.25, 0.3) is 11.3 Å². The number of nitrogens with zero attached hydrogens (tertiary/aromatic N) is 1. The minimum atomic E-state index is 0.689. The molecule has 19 heavy (non-hydrogen) atoms. The van der Waals surface area contributed by atoms with Crippen molar-refractivity contribution in [1.82, 2.24) is 9.97 Å². The lowest BCUT2D eigenvalue weighted by molar-refractivity contribution is 0.340. The molecule has 0 atom stereocenters. The number of nitrogens with two attached hydrogens (primary N) is 1. The number of H-pyrrole nitrogens is 1. The van der Waals surface area contributed by atoms with E-state index in [1.54, 1.807) is 0 Å². The molecule has 102 valence electrons. The highest BCUT2D eigenvalue weighted by Gasteiger charge is 2.03. The van der Waals surface area contributed by atoms with Gasteiger partial charge < -0.3 is 15.5 Å². The van der Waals surface area contributed by atoms with Crippen LogP contribution in [0.1, 0.15) is 25.6 Å². The van der Waals surface area contributed by atoms with Crippen molar-refractivity contribution < 1.29 is 4.74 Å². The van der Waals surface area contributed by atoms with Gasteiger partial charge in [-0.05, 0) is 56.1 Å². The Hall–Kier alpha value is -1.81. The van der Waals surface area contributed by atoms with E-state index in [0.29, 0.717) is 6.61 Å². The summed E-state index contributed by atoms with van der Waals surface area (Å²) in [5, 5.41) is 0.